The molecular weight excluding hydrogens is 451 g/mol. The van der Waals surface area contributed by atoms with Crippen LogP contribution in [0.1, 0.15) is 18.5 Å². The Morgan fingerprint density at radius 2 is 1.92 bits per heavy atom. The Kier molecular flexibility index (Phi) is 12.5. The normalized spacial score (nSPS) is 11.8. The highest BCUT2D eigenvalue weighted by molar-refractivity contribution is 14.0. The van der Waals surface area contributed by atoms with E-state index in [9.17, 15) is 4.79 Å². The lowest BCUT2D eigenvalue weighted by atomic mass is 10.1. The molecule has 26 heavy (non-hydrogen) atoms. The summed E-state index contributed by atoms with van der Waals surface area (Å²) in [6, 6.07) is 5.49. The number of rotatable bonds is 9. The van der Waals surface area contributed by atoms with Gasteiger partial charge in [-0.1, -0.05) is 0 Å². The number of halogens is 1. The first-order chi connectivity index (χ1) is 12.0. The van der Waals surface area contributed by atoms with Crippen LogP contribution in [0, 0.1) is 0 Å². The summed E-state index contributed by atoms with van der Waals surface area (Å²) >= 11 is 0. The average Bonchev–Trinajstić information content (AvgIpc) is 2.64. The molecule has 1 rings (SSSR count). The molecule has 0 aliphatic rings. The molecule has 1 atom stereocenters. The Hall–Kier alpha value is -1.75. The number of nitrogens with one attached hydrogen (secondary N) is 3. The topological polar surface area (TPSA) is 93.2 Å². The highest BCUT2D eigenvalue weighted by Crippen LogP contribution is 2.29. The summed E-state index contributed by atoms with van der Waals surface area (Å²) in [5.41, 5.74) is 0.925. The van der Waals surface area contributed by atoms with E-state index >= 15 is 0 Å². The molecule has 0 aliphatic heterocycles. The monoisotopic (exact) mass is 480 g/mol. The van der Waals surface area contributed by atoms with Crippen molar-refractivity contribution in [2.75, 3.05) is 48.1 Å². The van der Waals surface area contributed by atoms with E-state index in [4.69, 9.17) is 14.2 Å². The van der Waals surface area contributed by atoms with Crippen LogP contribution in [-0.4, -0.2) is 59.9 Å². The molecule has 0 saturated heterocycles. The molecule has 1 aromatic carbocycles. The number of methoxy groups -OCH3 is 3. The lowest BCUT2D eigenvalue weighted by Gasteiger charge is -2.20. The van der Waals surface area contributed by atoms with Crippen LogP contribution in [0.3, 0.4) is 0 Å². The van der Waals surface area contributed by atoms with Gasteiger partial charge in [0.2, 0.25) is 5.91 Å². The number of nitrogens with zero attached hydrogens (tertiary/aromatic N) is 1. The van der Waals surface area contributed by atoms with Crippen LogP contribution in [0.25, 0.3) is 0 Å². The van der Waals surface area contributed by atoms with Crippen molar-refractivity contribution in [1.82, 2.24) is 16.0 Å². The molecule has 0 saturated carbocycles. The molecule has 0 aliphatic carbocycles. The third-order valence-corrected chi connectivity index (χ3v) is 3.52. The lowest BCUT2D eigenvalue weighted by molar-refractivity contribution is -0.120. The van der Waals surface area contributed by atoms with Gasteiger partial charge in [-0.3, -0.25) is 9.79 Å². The molecule has 0 radical (unpaired) electrons. The van der Waals surface area contributed by atoms with Gasteiger partial charge in [-0.15, -0.1) is 24.0 Å². The van der Waals surface area contributed by atoms with Crippen molar-refractivity contribution in [2.45, 2.75) is 13.0 Å². The Morgan fingerprint density at radius 3 is 2.50 bits per heavy atom. The van der Waals surface area contributed by atoms with Gasteiger partial charge in [0, 0.05) is 26.3 Å². The minimum Gasteiger partial charge on any atom is -0.497 e. The Morgan fingerprint density at radius 1 is 1.19 bits per heavy atom. The van der Waals surface area contributed by atoms with E-state index < -0.39 is 0 Å². The number of aliphatic imine (C=N–C) groups is 1. The summed E-state index contributed by atoms with van der Waals surface area (Å²) < 4.78 is 15.6. The first-order valence-electron chi connectivity index (χ1n) is 8.00. The quantitative estimate of drug-likeness (QED) is 0.214. The fraction of sp³-hybridized carbons (Fsp3) is 0.529. The smallest absolute Gasteiger partial charge is 0.239 e. The maximum Gasteiger partial charge on any atom is 0.239 e. The van der Waals surface area contributed by atoms with Crippen LogP contribution in [-0.2, 0) is 9.53 Å². The molecular formula is C17H29IN4O4. The van der Waals surface area contributed by atoms with Gasteiger partial charge in [0.15, 0.2) is 5.96 Å². The van der Waals surface area contributed by atoms with E-state index in [1.165, 1.54) is 0 Å². The van der Waals surface area contributed by atoms with Crippen molar-refractivity contribution in [2.24, 2.45) is 4.99 Å². The van der Waals surface area contributed by atoms with E-state index in [0.29, 0.717) is 19.1 Å². The van der Waals surface area contributed by atoms with Gasteiger partial charge < -0.3 is 30.2 Å². The van der Waals surface area contributed by atoms with Gasteiger partial charge in [-0.25, -0.2) is 0 Å². The highest BCUT2D eigenvalue weighted by atomic mass is 127. The first kappa shape index (κ1) is 24.2. The zero-order valence-corrected chi connectivity index (χ0v) is 18.2. The number of carbonyl (C=O) groups excluding carboxylic acids is 1. The molecule has 1 unspecified atom stereocenters. The van der Waals surface area contributed by atoms with E-state index in [1.807, 2.05) is 25.1 Å². The summed E-state index contributed by atoms with van der Waals surface area (Å²) in [6.45, 7) is 3.04. The SMILES string of the molecule is CN=C(NCC(=O)NCCOC)NC(C)c1cc(OC)ccc1OC.I. The van der Waals surface area contributed by atoms with Crippen molar-refractivity contribution >= 4 is 35.8 Å². The van der Waals surface area contributed by atoms with Crippen molar-refractivity contribution < 1.29 is 19.0 Å². The third kappa shape index (κ3) is 8.09. The van der Waals surface area contributed by atoms with E-state index in [0.717, 1.165) is 17.1 Å². The number of benzene rings is 1. The molecule has 1 amide bonds. The number of carbonyl (C=O) groups is 1. The van der Waals surface area contributed by atoms with Crippen LogP contribution < -0.4 is 25.4 Å². The average molecular weight is 480 g/mol. The van der Waals surface area contributed by atoms with E-state index in [2.05, 4.69) is 20.9 Å². The van der Waals surface area contributed by atoms with Gasteiger partial charge in [0.1, 0.15) is 11.5 Å². The molecule has 1 aromatic rings. The zero-order valence-electron chi connectivity index (χ0n) is 15.9. The van der Waals surface area contributed by atoms with Crippen molar-refractivity contribution in [3.05, 3.63) is 23.8 Å². The van der Waals surface area contributed by atoms with Gasteiger partial charge in [0.05, 0.1) is 33.4 Å². The fourth-order valence-corrected chi connectivity index (χ4v) is 2.17. The van der Waals surface area contributed by atoms with Crippen LogP contribution in [0.4, 0.5) is 0 Å². The predicted molar refractivity (Wildman–Crippen MR) is 113 cm³/mol. The van der Waals surface area contributed by atoms with E-state index in [1.54, 1.807) is 28.4 Å². The minimum atomic E-state index is -0.133. The van der Waals surface area contributed by atoms with Crippen molar-refractivity contribution in [3.63, 3.8) is 0 Å². The minimum absolute atomic E-state index is 0. The number of amides is 1. The maximum absolute atomic E-state index is 11.7. The summed E-state index contributed by atoms with van der Waals surface area (Å²) in [4.78, 5) is 15.9. The second-order valence-electron chi connectivity index (χ2n) is 5.24. The second kappa shape index (κ2) is 13.5. The van der Waals surface area contributed by atoms with Gasteiger partial charge >= 0.3 is 0 Å². The molecule has 0 bridgehead atoms. The fourth-order valence-electron chi connectivity index (χ4n) is 2.17. The Bertz CT molecular complexity index is 584. The molecule has 148 valence electrons. The van der Waals surface area contributed by atoms with Gasteiger partial charge in [-0.05, 0) is 25.1 Å². The maximum atomic E-state index is 11.7. The summed E-state index contributed by atoms with van der Waals surface area (Å²) in [5, 5.41) is 8.94. The standard InChI is InChI=1S/C17H28N4O4.HI/c1-12(14-10-13(24-4)6-7-15(14)25-5)21-17(18-2)20-11-16(22)19-8-9-23-3;/h6-7,10,12H,8-9,11H2,1-5H3,(H,19,22)(H2,18,20,21);1H. The van der Waals surface area contributed by atoms with Crippen LogP contribution in [0.5, 0.6) is 11.5 Å². The van der Waals surface area contributed by atoms with Gasteiger partial charge in [-0.2, -0.15) is 0 Å². The molecule has 3 N–H and O–H groups in total. The largest absolute Gasteiger partial charge is 0.497 e. The van der Waals surface area contributed by atoms with Crippen LogP contribution in [0.2, 0.25) is 0 Å². The molecule has 0 aromatic heterocycles. The summed E-state index contributed by atoms with van der Waals surface area (Å²) in [5.74, 6) is 1.87. The number of hydrogen-bond acceptors (Lipinski definition) is 5. The Balaban J connectivity index is 0.00000625. The Labute approximate surface area is 172 Å². The molecule has 0 fully saturated rings. The van der Waals surface area contributed by atoms with Crippen molar-refractivity contribution in [1.29, 1.82) is 0 Å². The zero-order chi connectivity index (χ0) is 18.7. The number of hydrogen-bond donors (Lipinski definition) is 3. The van der Waals surface area contributed by atoms with E-state index in [-0.39, 0.29) is 42.5 Å². The summed E-state index contributed by atoms with van der Waals surface area (Å²) in [7, 11) is 6.47. The number of ether oxygens (including phenoxy) is 3. The highest BCUT2D eigenvalue weighted by Gasteiger charge is 2.14. The first-order valence-corrected chi connectivity index (χ1v) is 8.00. The predicted octanol–water partition coefficient (Wildman–Crippen LogP) is 1.31. The number of guanidine groups is 1. The van der Waals surface area contributed by atoms with Crippen LogP contribution in [0.15, 0.2) is 23.2 Å². The molecule has 8 nitrogen and oxygen atoms in total. The molecule has 0 spiro atoms. The molecule has 9 heteroatoms. The molecule has 0 heterocycles. The van der Waals surface area contributed by atoms with Gasteiger partial charge in [0.25, 0.3) is 0 Å². The lowest BCUT2D eigenvalue weighted by Crippen LogP contribution is -2.44. The third-order valence-electron chi connectivity index (χ3n) is 3.52. The van der Waals surface area contributed by atoms with Crippen LogP contribution >= 0.6 is 24.0 Å². The second-order valence-corrected chi connectivity index (χ2v) is 5.24. The van der Waals surface area contributed by atoms with Crippen molar-refractivity contribution in [3.8, 4) is 11.5 Å². The summed E-state index contributed by atoms with van der Waals surface area (Å²) in [6.07, 6.45) is 0.